The number of carbonyl (C=O) groups is 1. The van der Waals surface area contributed by atoms with Gasteiger partial charge in [0.25, 0.3) is 0 Å². The van der Waals surface area contributed by atoms with Gasteiger partial charge in [0.2, 0.25) is 0 Å². The average molecular weight is 214 g/mol. The second kappa shape index (κ2) is 3.94. The zero-order valence-corrected chi connectivity index (χ0v) is 8.40. The van der Waals surface area contributed by atoms with E-state index in [2.05, 4.69) is 0 Å². The van der Waals surface area contributed by atoms with Crippen LogP contribution in [-0.2, 0) is 4.79 Å². The lowest BCUT2D eigenvalue weighted by molar-refractivity contribution is -0.133. The SMILES string of the molecule is CCCC1(O)CC(C(=O)O)=CC(O)=C1O. The number of hydrogen-bond donors (Lipinski definition) is 4. The van der Waals surface area contributed by atoms with E-state index in [1.807, 2.05) is 0 Å². The molecule has 4 N–H and O–H groups in total. The van der Waals surface area contributed by atoms with Crippen LogP contribution in [0, 0.1) is 0 Å². The van der Waals surface area contributed by atoms with E-state index in [0.29, 0.717) is 6.42 Å². The molecule has 1 unspecified atom stereocenters. The number of aliphatic carboxylic acids is 1. The molecule has 5 heteroatoms. The molecule has 0 aromatic heterocycles. The molecule has 5 nitrogen and oxygen atoms in total. The predicted octanol–water partition coefficient (Wildman–Crippen LogP) is 1.26. The molecule has 1 aliphatic rings. The molecule has 0 aromatic rings. The molecule has 1 aliphatic carbocycles. The minimum atomic E-state index is -1.65. The first-order valence-electron chi connectivity index (χ1n) is 4.69. The Morgan fingerprint density at radius 2 is 2.13 bits per heavy atom. The van der Waals surface area contributed by atoms with Crippen molar-refractivity contribution in [2.45, 2.75) is 31.8 Å². The van der Waals surface area contributed by atoms with Gasteiger partial charge < -0.3 is 20.4 Å². The third-order valence-corrected chi connectivity index (χ3v) is 2.42. The van der Waals surface area contributed by atoms with Crippen molar-refractivity contribution in [2.24, 2.45) is 0 Å². The van der Waals surface area contributed by atoms with Gasteiger partial charge in [-0.05, 0) is 12.5 Å². The number of allylic oxidation sites excluding steroid dienone is 1. The molecule has 0 amide bonds. The quantitative estimate of drug-likeness (QED) is 0.567. The lowest BCUT2D eigenvalue weighted by Crippen LogP contribution is -2.36. The highest BCUT2D eigenvalue weighted by Gasteiger charge is 2.39. The molecule has 0 saturated heterocycles. The van der Waals surface area contributed by atoms with E-state index < -0.39 is 23.1 Å². The van der Waals surface area contributed by atoms with E-state index in [-0.39, 0.29) is 18.4 Å². The van der Waals surface area contributed by atoms with Crippen LogP contribution in [0.5, 0.6) is 0 Å². The average Bonchev–Trinajstić information content (AvgIpc) is 2.14. The number of carboxylic acid groups (broad SMARTS) is 1. The normalized spacial score (nSPS) is 26.4. The molecule has 0 fully saturated rings. The zero-order valence-electron chi connectivity index (χ0n) is 8.40. The summed E-state index contributed by atoms with van der Waals surface area (Å²) in [4.78, 5) is 10.7. The predicted molar refractivity (Wildman–Crippen MR) is 52.5 cm³/mol. The Morgan fingerprint density at radius 3 is 2.60 bits per heavy atom. The van der Waals surface area contributed by atoms with Gasteiger partial charge in [-0.15, -0.1) is 0 Å². The summed E-state index contributed by atoms with van der Waals surface area (Å²) in [7, 11) is 0. The van der Waals surface area contributed by atoms with Crippen LogP contribution < -0.4 is 0 Å². The summed E-state index contributed by atoms with van der Waals surface area (Å²) in [6, 6.07) is 0. The van der Waals surface area contributed by atoms with Crippen LogP contribution in [0.1, 0.15) is 26.2 Å². The van der Waals surface area contributed by atoms with E-state index in [1.54, 1.807) is 6.92 Å². The number of carboxylic acids is 1. The lowest BCUT2D eigenvalue weighted by Gasteiger charge is -2.30. The third-order valence-electron chi connectivity index (χ3n) is 2.42. The van der Waals surface area contributed by atoms with Crippen LogP contribution >= 0.6 is 0 Å². The second-order valence-corrected chi connectivity index (χ2v) is 3.67. The molecule has 0 aliphatic heterocycles. The maximum absolute atomic E-state index is 10.7. The van der Waals surface area contributed by atoms with Gasteiger partial charge in [-0.25, -0.2) is 4.79 Å². The molecule has 84 valence electrons. The van der Waals surface area contributed by atoms with Gasteiger partial charge in [0.05, 0.1) is 0 Å². The zero-order chi connectivity index (χ0) is 11.6. The summed E-state index contributed by atoms with van der Waals surface area (Å²) in [6.07, 6.45) is 1.54. The Balaban J connectivity index is 3.08. The first-order valence-corrected chi connectivity index (χ1v) is 4.69. The van der Waals surface area contributed by atoms with E-state index in [0.717, 1.165) is 6.08 Å². The Hall–Kier alpha value is -1.49. The summed E-state index contributed by atoms with van der Waals surface area (Å²) < 4.78 is 0. The van der Waals surface area contributed by atoms with Gasteiger partial charge in [0, 0.05) is 12.0 Å². The smallest absolute Gasteiger partial charge is 0.331 e. The molecule has 0 aromatic carbocycles. The highest BCUT2D eigenvalue weighted by atomic mass is 16.4. The van der Waals surface area contributed by atoms with Crippen LogP contribution in [0.4, 0.5) is 0 Å². The Bertz CT molecular complexity index is 342. The van der Waals surface area contributed by atoms with Gasteiger partial charge in [-0.2, -0.15) is 0 Å². The van der Waals surface area contributed by atoms with Crippen molar-refractivity contribution in [3.8, 4) is 0 Å². The maximum atomic E-state index is 10.7. The number of aliphatic hydroxyl groups excluding tert-OH is 2. The van der Waals surface area contributed by atoms with Crippen molar-refractivity contribution in [3.05, 3.63) is 23.2 Å². The fourth-order valence-corrected chi connectivity index (χ4v) is 1.68. The summed E-state index contributed by atoms with van der Waals surface area (Å²) in [5.41, 5.74) is -1.76. The van der Waals surface area contributed by atoms with Crippen LogP contribution in [0.3, 0.4) is 0 Å². The molecule has 0 saturated carbocycles. The van der Waals surface area contributed by atoms with Crippen molar-refractivity contribution in [1.29, 1.82) is 0 Å². The molecule has 0 spiro atoms. The first-order chi connectivity index (χ1) is 6.90. The molecule has 1 atom stereocenters. The summed E-state index contributed by atoms with van der Waals surface area (Å²) in [5.74, 6) is -2.33. The van der Waals surface area contributed by atoms with E-state index in [4.69, 9.17) is 5.11 Å². The van der Waals surface area contributed by atoms with Gasteiger partial charge in [0.15, 0.2) is 11.5 Å². The molecule has 15 heavy (non-hydrogen) atoms. The van der Waals surface area contributed by atoms with Crippen LogP contribution in [0.2, 0.25) is 0 Å². The van der Waals surface area contributed by atoms with Crippen LogP contribution in [0.15, 0.2) is 23.2 Å². The minimum absolute atomic E-state index is 0.110. The van der Waals surface area contributed by atoms with Crippen molar-refractivity contribution in [3.63, 3.8) is 0 Å². The van der Waals surface area contributed by atoms with Crippen molar-refractivity contribution >= 4 is 5.97 Å². The highest BCUT2D eigenvalue weighted by molar-refractivity contribution is 5.88. The van der Waals surface area contributed by atoms with Crippen LogP contribution in [-0.4, -0.2) is 32.0 Å². The maximum Gasteiger partial charge on any atom is 0.331 e. The molecular formula is C10H14O5. The summed E-state index contributed by atoms with van der Waals surface area (Å²) in [6.45, 7) is 1.79. The second-order valence-electron chi connectivity index (χ2n) is 3.67. The number of hydrogen-bond acceptors (Lipinski definition) is 4. The third kappa shape index (κ3) is 2.12. The summed E-state index contributed by atoms with van der Waals surface area (Å²) in [5, 5.41) is 37.5. The molecule has 0 radical (unpaired) electrons. The van der Waals surface area contributed by atoms with Gasteiger partial charge in [-0.1, -0.05) is 13.3 Å². The number of rotatable bonds is 3. The van der Waals surface area contributed by atoms with Crippen LogP contribution in [0.25, 0.3) is 0 Å². The fourth-order valence-electron chi connectivity index (χ4n) is 1.68. The topological polar surface area (TPSA) is 98.0 Å². The van der Waals surface area contributed by atoms with Crippen molar-refractivity contribution in [1.82, 2.24) is 0 Å². The monoisotopic (exact) mass is 214 g/mol. The molecule has 0 heterocycles. The first kappa shape index (κ1) is 11.6. The lowest BCUT2D eigenvalue weighted by atomic mass is 9.84. The minimum Gasteiger partial charge on any atom is -0.506 e. The Morgan fingerprint density at radius 1 is 1.53 bits per heavy atom. The van der Waals surface area contributed by atoms with Gasteiger partial charge >= 0.3 is 5.97 Å². The number of aliphatic hydroxyl groups is 3. The standard InChI is InChI=1S/C10H14O5/c1-2-3-10(15)5-6(9(13)14)4-7(11)8(10)12/h4,11-12,15H,2-3,5H2,1H3,(H,13,14). The van der Waals surface area contributed by atoms with E-state index >= 15 is 0 Å². The van der Waals surface area contributed by atoms with E-state index in [9.17, 15) is 20.1 Å². The van der Waals surface area contributed by atoms with Gasteiger partial charge in [0.1, 0.15) is 5.60 Å². The Labute approximate surface area is 87.0 Å². The largest absolute Gasteiger partial charge is 0.506 e. The molecule has 0 bridgehead atoms. The van der Waals surface area contributed by atoms with Crippen molar-refractivity contribution in [2.75, 3.05) is 0 Å². The van der Waals surface area contributed by atoms with E-state index in [1.165, 1.54) is 0 Å². The van der Waals surface area contributed by atoms with Crippen molar-refractivity contribution < 1.29 is 25.2 Å². The highest BCUT2D eigenvalue weighted by Crippen LogP contribution is 2.34. The fraction of sp³-hybridized carbons (Fsp3) is 0.500. The Kier molecular flexibility index (Phi) is 3.04. The van der Waals surface area contributed by atoms with Gasteiger partial charge in [-0.3, -0.25) is 0 Å². The summed E-state index contributed by atoms with van der Waals surface area (Å²) >= 11 is 0. The molecule has 1 rings (SSSR count). The molecular weight excluding hydrogens is 200 g/mol.